The van der Waals surface area contributed by atoms with E-state index in [0.29, 0.717) is 49.3 Å². The van der Waals surface area contributed by atoms with Crippen LogP contribution < -0.4 is 10.6 Å². The van der Waals surface area contributed by atoms with E-state index in [4.69, 9.17) is 17.0 Å². The lowest BCUT2D eigenvalue weighted by Crippen LogP contribution is -2.41. The Hall–Kier alpha value is -2.97. The van der Waals surface area contributed by atoms with Gasteiger partial charge in [-0.25, -0.2) is 0 Å². The zero-order valence-electron chi connectivity index (χ0n) is 16.2. The first-order chi connectivity index (χ1) is 14.2. The normalized spacial score (nSPS) is 14.0. The number of aryl methyl sites for hydroxylation is 1. The van der Waals surface area contributed by atoms with Crippen LogP contribution in [-0.4, -0.2) is 52.0 Å². The predicted molar refractivity (Wildman–Crippen MR) is 118 cm³/mol. The number of carbonyl (C=O) groups is 1. The lowest BCUT2D eigenvalue weighted by molar-refractivity contribution is 0.0295. The van der Waals surface area contributed by atoms with E-state index in [0.717, 1.165) is 16.5 Å². The Balaban J connectivity index is 1.55. The number of hydrogen-bond donors (Lipinski definition) is 2. The van der Waals surface area contributed by atoms with Gasteiger partial charge >= 0.3 is 0 Å². The van der Waals surface area contributed by atoms with Crippen LogP contribution in [0.2, 0.25) is 0 Å². The first-order valence-corrected chi connectivity index (χ1v) is 10.1. The van der Waals surface area contributed by atoms with Gasteiger partial charge in [0.25, 0.3) is 5.91 Å². The Morgan fingerprint density at radius 3 is 2.62 bits per heavy atom. The minimum atomic E-state index is -0.0666. The lowest BCUT2D eigenvalue weighted by Gasteiger charge is -2.27. The molecule has 2 aromatic carbocycles. The fraction of sp³-hybridized carbons (Fsp3) is 0.286. The number of benzene rings is 2. The number of fused-ring (bicyclic) bond motifs is 1. The van der Waals surface area contributed by atoms with Crippen molar-refractivity contribution in [2.75, 3.05) is 36.9 Å². The smallest absolute Gasteiger partial charge is 0.274 e. The van der Waals surface area contributed by atoms with Crippen LogP contribution in [0.3, 0.4) is 0 Å². The minimum Gasteiger partial charge on any atom is -0.378 e. The van der Waals surface area contributed by atoms with E-state index in [1.165, 1.54) is 0 Å². The van der Waals surface area contributed by atoms with Crippen LogP contribution in [0.4, 0.5) is 11.4 Å². The molecule has 0 atom stereocenters. The van der Waals surface area contributed by atoms with E-state index in [9.17, 15) is 4.79 Å². The summed E-state index contributed by atoms with van der Waals surface area (Å²) in [5.74, 6) is -0.0666. The molecule has 1 fully saturated rings. The average molecular weight is 410 g/mol. The lowest BCUT2D eigenvalue weighted by atomic mass is 10.1. The maximum absolute atomic E-state index is 13.1. The molecule has 4 rings (SSSR count). The highest BCUT2D eigenvalue weighted by Crippen LogP contribution is 2.24. The summed E-state index contributed by atoms with van der Waals surface area (Å²) in [6, 6.07) is 14.1. The summed E-state index contributed by atoms with van der Waals surface area (Å²) in [5, 5.41) is 13.4. The monoisotopic (exact) mass is 409 g/mol. The van der Waals surface area contributed by atoms with Crippen LogP contribution in [0.25, 0.3) is 10.8 Å². The quantitative estimate of drug-likeness (QED) is 0.644. The molecule has 8 heteroatoms. The Labute approximate surface area is 174 Å². The summed E-state index contributed by atoms with van der Waals surface area (Å²) in [5.41, 5.74) is 2.02. The Bertz CT molecular complexity index is 1040. The van der Waals surface area contributed by atoms with E-state index in [-0.39, 0.29) is 5.91 Å². The molecule has 2 N–H and O–H groups in total. The molecule has 2 heterocycles. The molecular weight excluding hydrogens is 386 g/mol. The van der Waals surface area contributed by atoms with Gasteiger partial charge in [0.2, 0.25) is 0 Å². The van der Waals surface area contributed by atoms with Crippen molar-refractivity contribution in [1.82, 2.24) is 14.7 Å². The second-order valence-corrected chi connectivity index (χ2v) is 7.14. The van der Waals surface area contributed by atoms with Crippen molar-refractivity contribution < 1.29 is 9.53 Å². The van der Waals surface area contributed by atoms with Gasteiger partial charge in [-0.15, -0.1) is 0 Å². The molecule has 0 radical (unpaired) electrons. The van der Waals surface area contributed by atoms with Gasteiger partial charge in [-0.3, -0.25) is 9.48 Å². The van der Waals surface area contributed by atoms with Crippen LogP contribution in [0.1, 0.15) is 17.4 Å². The number of thiocarbonyl (C=S) groups is 1. The third-order valence-electron chi connectivity index (χ3n) is 4.93. The molecule has 0 spiro atoms. The molecular formula is C21H23N5O2S. The number of hydrogen-bond acceptors (Lipinski definition) is 4. The third kappa shape index (κ3) is 4.08. The van der Waals surface area contributed by atoms with Gasteiger partial charge in [-0.1, -0.05) is 36.4 Å². The van der Waals surface area contributed by atoms with Crippen molar-refractivity contribution in [3.05, 3.63) is 54.4 Å². The van der Waals surface area contributed by atoms with Gasteiger partial charge in [0.05, 0.1) is 25.1 Å². The fourth-order valence-corrected chi connectivity index (χ4v) is 3.69. The zero-order valence-corrected chi connectivity index (χ0v) is 17.0. The maximum atomic E-state index is 13.1. The van der Waals surface area contributed by atoms with Crippen LogP contribution in [0.5, 0.6) is 0 Å². The van der Waals surface area contributed by atoms with Gasteiger partial charge in [-0.05, 0) is 30.6 Å². The van der Waals surface area contributed by atoms with Crippen LogP contribution in [0.15, 0.2) is 48.7 Å². The molecule has 1 aliphatic rings. The van der Waals surface area contributed by atoms with Crippen LogP contribution in [0, 0.1) is 0 Å². The molecule has 0 unspecified atom stereocenters. The number of carbonyl (C=O) groups excluding carboxylic acids is 1. The topological polar surface area (TPSA) is 71.4 Å². The Morgan fingerprint density at radius 1 is 1.10 bits per heavy atom. The number of nitrogens with one attached hydrogen (secondary N) is 2. The second kappa shape index (κ2) is 8.59. The highest BCUT2D eigenvalue weighted by atomic mass is 32.1. The maximum Gasteiger partial charge on any atom is 0.274 e. The SMILES string of the molecule is CCn1ncc(NC(=S)Nc2cccc3ccccc23)c1C(=O)N1CCOCC1. The Morgan fingerprint density at radius 2 is 1.83 bits per heavy atom. The number of aromatic nitrogens is 2. The second-order valence-electron chi connectivity index (χ2n) is 6.73. The molecule has 0 bridgehead atoms. The van der Waals surface area contributed by atoms with Crippen molar-refractivity contribution in [3.63, 3.8) is 0 Å². The van der Waals surface area contributed by atoms with Crippen molar-refractivity contribution in [3.8, 4) is 0 Å². The molecule has 1 amide bonds. The number of amides is 1. The fourth-order valence-electron chi connectivity index (χ4n) is 3.47. The van der Waals surface area contributed by atoms with Gasteiger partial charge < -0.3 is 20.3 Å². The van der Waals surface area contributed by atoms with Gasteiger partial charge in [-0.2, -0.15) is 5.10 Å². The van der Waals surface area contributed by atoms with E-state index >= 15 is 0 Å². The van der Waals surface area contributed by atoms with E-state index in [1.807, 2.05) is 37.3 Å². The van der Waals surface area contributed by atoms with Crippen LogP contribution >= 0.6 is 12.2 Å². The van der Waals surface area contributed by atoms with Gasteiger partial charge in [0, 0.05) is 30.7 Å². The predicted octanol–water partition coefficient (Wildman–Crippen LogP) is 3.34. The molecule has 0 saturated carbocycles. The summed E-state index contributed by atoms with van der Waals surface area (Å²) in [6.45, 7) is 4.81. The molecule has 29 heavy (non-hydrogen) atoms. The molecule has 7 nitrogen and oxygen atoms in total. The molecule has 0 aliphatic carbocycles. The standard InChI is InChI=1S/C21H23N5O2S/c1-2-26-19(20(27)25-10-12-28-13-11-25)18(14-22-26)24-21(29)23-17-9-5-7-15-6-3-4-8-16(15)17/h3-9,14H,2,10-13H2,1H3,(H2,23,24,29). The molecule has 1 aliphatic heterocycles. The molecule has 1 saturated heterocycles. The van der Waals surface area contributed by atoms with Crippen molar-refractivity contribution in [2.24, 2.45) is 0 Å². The zero-order chi connectivity index (χ0) is 20.2. The number of rotatable bonds is 4. The number of anilines is 2. The molecule has 1 aromatic heterocycles. The largest absolute Gasteiger partial charge is 0.378 e. The summed E-state index contributed by atoms with van der Waals surface area (Å²) in [7, 11) is 0. The summed E-state index contributed by atoms with van der Waals surface area (Å²) >= 11 is 5.52. The first kappa shape index (κ1) is 19.4. The van der Waals surface area contributed by atoms with E-state index < -0.39 is 0 Å². The van der Waals surface area contributed by atoms with Crippen molar-refractivity contribution in [2.45, 2.75) is 13.5 Å². The van der Waals surface area contributed by atoms with E-state index in [2.05, 4.69) is 27.9 Å². The molecule has 150 valence electrons. The Kier molecular flexibility index (Phi) is 5.73. The molecule has 3 aromatic rings. The third-order valence-corrected chi connectivity index (χ3v) is 5.13. The van der Waals surface area contributed by atoms with Crippen molar-refractivity contribution in [1.29, 1.82) is 0 Å². The highest BCUT2D eigenvalue weighted by Gasteiger charge is 2.25. The van der Waals surface area contributed by atoms with Crippen molar-refractivity contribution >= 4 is 45.4 Å². The summed E-state index contributed by atoms with van der Waals surface area (Å²) < 4.78 is 7.05. The van der Waals surface area contributed by atoms with Gasteiger partial charge in [0.1, 0.15) is 5.69 Å². The van der Waals surface area contributed by atoms with E-state index in [1.54, 1.807) is 15.8 Å². The van der Waals surface area contributed by atoms with Gasteiger partial charge in [0.15, 0.2) is 5.11 Å². The number of morpholine rings is 1. The summed E-state index contributed by atoms with van der Waals surface area (Å²) in [6.07, 6.45) is 1.65. The first-order valence-electron chi connectivity index (χ1n) is 9.66. The average Bonchev–Trinajstić information content (AvgIpc) is 3.16. The number of ether oxygens (including phenoxy) is 1. The minimum absolute atomic E-state index is 0.0666. The highest BCUT2D eigenvalue weighted by molar-refractivity contribution is 7.80. The summed E-state index contributed by atoms with van der Waals surface area (Å²) in [4.78, 5) is 14.9. The van der Waals surface area contributed by atoms with Crippen LogP contribution in [-0.2, 0) is 11.3 Å². The number of nitrogens with zero attached hydrogens (tertiary/aromatic N) is 3.